The quantitative estimate of drug-likeness (QED) is 0.173. The van der Waals surface area contributed by atoms with Crippen molar-refractivity contribution < 1.29 is 8.83 Å². The fraction of sp³-hybridized carbons (Fsp3) is 0. The van der Waals surface area contributed by atoms with E-state index in [1.54, 1.807) is 0 Å². The molecule has 7 aromatic carbocycles. The molecule has 0 atom stereocenters. The van der Waals surface area contributed by atoms with Gasteiger partial charge in [0.1, 0.15) is 22.2 Å². The maximum Gasteiger partial charge on any atom is 0.147 e. The van der Waals surface area contributed by atoms with Gasteiger partial charge in [0.25, 0.3) is 0 Å². The first kappa shape index (κ1) is 32.7. The van der Waals surface area contributed by atoms with Crippen molar-refractivity contribution in [1.82, 2.24) is 0 Å². The van der Waals surface area contributed by atoms with Gasteiger partial charge in [0, 0.05) is 21.4 Å². The standard InChI is InChI=1S/C52H36O2/c1-5-36-16-10-11-17-40(36)34(3)41-18-8-6-7-9-19-42(44-21-13-12-20-43(41)44)38-26-24-37(25-27-38)33(2)32-48-35(4)53-51-47(48)31-29-39-28-30-46-45-22-14-15-23-49(45)54-52(46)50(39)51/h5-32H,1-4H2/b7-6?,8-6?,9-7?,18-8?,19-9?,41-18?,42-19?,43-41?,44-42?,48-32+. The lowest BCUT2D eigenvalue weighted by molar-refractivity contribution is 0.580. The first-order valence-corrected chi connectivity index (χ1v) is 18.0. The van der Waals surface area contributed by atoms with Crippen molar-refractivity contribution in [3.05, 3.63) is 210 Å². The molecule has 0 aliphatic heterocycles. The Bertz CT molecular complexity index is 3170. The van der Waals surface area contributed by atoms with Gasteiger partial charge in [-0.25, -0.2) is 0 Å². The van der Waals surface area contributed by atoms with Crippen molar-refractivity contribution in [2.75, 3.05) is 0 Å². The second-order valence-corrected chi connectivity index (χ2v) is 13.5. The van der Waals surface area contributed by atoms with Crippen LogP contribution >= 0.6 is 0 Å². The molecule has 2 nitrogen and oxygen atoms in total. The molecule has 0 aliphatic carbocycles. The molecule has 2 aromatic heterocycles. The van der Waals surface area contributed by atoms with Crippen molar-refractivity contribution in [3.8, 4) is 11.1 Å². The maximum absolute atomic E-state index is 6.41. The minimum atomic E-state index is 0.591. The van der Waals surface area contributed by atoms with E-state index >= 15 is 0 Å². The van der Waals surface area contributed by atoms with Crippen LogP contribution in [0.3, 0.4) is 0 Å². The summed E-state index contributed by atoms with van der Waals surface area (Å²) in [4.78, 5) is 0. The number of para-hydroxylation sites is 1. The number of hydrogen-bond donors (Lipinski definition) is 0. The van der Waals surface area contributed by atoms with Crippen molar-refractivity contribution in [2.24, 2.45) is 0 Å². The molecule has 2 heterocycles. The number of allylic oxidation sites excluding steroid dienone is 1. The molecule has 0 N–H and O–H groups in total. The molecule has 0 aliphatic rings. The Morgan fingerprint density at radius 1 is 0.519 bits per heavy atom. The Labute approximate surface area is 313 Å². The molecule has 9 rings (SSSR count). The maximum atomic E-state index is 6.41. The third kappa shape index (κ3) is 5.53. The summed E-state index contributed by atoms with van der Waals surface area (Å²) < 4.78 is 12.8. The molecule has 0 spiro atoms. The van der Waals surface area contributed by atoms with Crippen LogP contribution < -0.4 is 10.6 Å². The van der Waals surface area contributed by atoms with E-state index in [9.17, 15) is 0 Å². The molecule has 0 fully saturated rings. The van der Waals surface area contributed by atoms with Gasteiger partial charge in [0.05, 0.1) is 5.39 Å². The van der Waals surface area contributed by atoms with Gasteiger partial charge >= 0.3 is 0 Å². The summed E-state index contributed by atoms with van der Waals surface area (Å²) in [6.45, 7) is 17.4. The van der Waals surface area contributed by atoms with E-state index in [2.05, 4.69) is 160 Å². The lowest BCUT2D eigenvalue weighted by atomic mass is 9.91. The molecular formula is C52H36O2. The van der Waals surface area contributed by atoms with Crippen LogP contribution in [0.15, 0.2) is 186 Å². The zero-order valence-corrected chi connectivity index (χ0v) is 29.8. The molecule has 0 saturated heterocycles. The predicted molar refractivity (Wildman–Crippen MR) is 231 cm³/mol. The Morgan fingerprint density at radius 2 is 1.15 bits per heavy atom. The fourth-order valence-corrected chi connectivity index (χ4v) is 7.66. The first-order chi connectivity index (χ1) is 26.5. The Hall–Kier alpha value is -7.16. The minimum absolute atomic E-state index is 0.591. The Balaban J connectivity index is 1.14. The number of rotatable bonds is 6. The van der Waals surface area contributed by atoms with Crippen molar-refractivity contribution >= 4 is 84.3 Å². The Kier molecular flexibility index (Phi) is 8.14. The zero-order chi connectivity index (χ0) is 36.8. The first-order valence-electron chi connectivity index (χ1n) is 18.0. The van der Waals surface area contributed by atoms with Gasteiger partial charge in [-0.15, -0.1) is 0 Å². The molecule has 0 bridgehead atoms. The second kappa shape index (κ2) is 13.4. The summed E-state index contributed by atoms with van der Waals surface area (Å²) in [5, 5.41) is 8.28. The molecule has 54 heavy (non-hydrogen) atoms. The molecule has 0 saturated carbocycles. The van der Waals surface area contributed by atoms with E-state index < -0.39 is 0 Å². The van der Waals surface area contributed by atoms with Gasteiger partial charge in [-0.05, 0) is 85.0 Å². The molecule has 2 heteroatoms. The summed E-state index contributed by atoms with van der Waals surface area (Å²) >= 11 is 0. The lowest BCUT2D eigenvalue weighted by Crippen LogP contribution is -2.18. The third-order valence-electron chi connectivity index (χ3n) is 10.4. The van der Waals surface area contributed by atoms with Crippen molar-refractivity contribution in [3.63, 3.8) is 0 Å². The smallest absolute Gasteiger partial charge is 0.147 e. The second-order valence-electron chi connectivity index (χ2n) is 13.5. The van der Waals surface area contributed by atoms with E-state index in [1.807, 2.05) is 36.4 Å². The fourth-order valence-electron chi connectivity index (χ4n) is 7.66. The summed E-state index contributed by atoms with van der Waals surface area (Å²) in [6, 6.07) is 54.6. The van der Waals surface area contributed by atoms with E-state index in [4.69, 9.17) is 8.83 Å². The summed E-state index contributed by atoms with van der Waals surface area (Å²) in [7, 11) is 0. The zero-order valence-electron chi connectivity index (χ0n) is 29.8. The highest BCUT2D eigenvalue weighted by molar-refractivity contribution is 6.21. The van der Waals surface area contributed by atoms with Gasteiger partial charge in [-0.2, -0.15) is 0 Å². The number of benzene rings is 6. The van der Waals surface area contributed by atoms with E-state index in [0.29, 0.717) is 5.42 Å². The molecule has 0 unspecified atom stereocenters. The van der Waals surface area contributed by atoms with Gasteiger partial charge in [-0.3, -0.25) is 0 Å². The van der Waals surface area contributed by atoms with Crippen LogP contribution in [-0.2, 0) is 0 Å². The minimum Gasteiger partial charge on any atom is -0.456 e. The van der Waals surface area contributed by atoms with Crippen LogP contribution in [0.5, 0.6) is 0 Å². The van der Waals surface area contributed by atoms with Gasteiger partial charge in [0.15, 0.2) is 0 Å². The number of fused-ring (bicyclic) bond motifs is 8. The van der Waals surface area contributed by atoms with Gasteiger partial charge < -0.3 is 8.83 Å². The largest absolute Gasteiger partial charge is 0.456 e. The normalized spacial score (nSPS) is 11.7. The average Bonchev–Trinajstić information content (AvgIpc) is 3.75. The van der Waals surface area contributed by atoms with E-state index in [-0.39, 0.29) is 0 Å². The van der Waals surface area contributed by atoms with Gasteiger partial charge in [-0.1, -0.05) is 172 Å². The van der Waals surface area contributed by atoms with E-state index in [1.165, 1.54) is 0 Å². The SMILES string of the molecule is C=Cc1ccccc1C(=C)c1ccccccc(-c2ccc(C(=C)/C=c3\c(=C)oc4c3ccc3ccc5c6ccccc6oc5c34)cc2)c2ccccc12. The van der Waals surface area contributed by atoms with Crippen LogP contribution in [0.25, 0.3) is 95.5 Å². The van der Waals surface area contributed by atoms with E-state index in [0.717, 1.165) is 104 Å². The highest BCUT2D eigenvalue weighted by Crippen LogP contribution is 2.37. The summed E-state index contributed by atoms with van der Waals surface area (Å²) in [6.07, 6.45) is 3.96. The summed E-state index contributed by atoms with van der Waals surface area (Å²) in [5.74, 6) is 0. The summed E-state index contributed by atoms with van der Waals surface area (Å²) in [5.41, 5.74) is 11.2. The highest BCUT2D eigenvalue weighted by atomic mass is 16.3. The van der Waals surface area contributed by atoms with Crippen molar-refractivity contribution in [2.45, 2.75) is 0 Å². The topological polar surface area (TPSA) is 26.3 Å². The molecular weight excluding hydrogens is 657 g/mol. The average molecular weight is 693 g/mol. The van der Waals surface area contributed by atoms with Crippen LogP contribution in [0, 0.1) is 0 Å². The van der Waals surface area contributed by atoms with Crippen LogP contribution in [0.4, 0.5) is 0 Å². The monoisotopic (exact) mass is 692 g/mol. The van der Waals surface area contributed by atoms with Crippen LogP contribution in [-0.4, -0.2) is 0 Å². The predicted octanol–water partition coefficient (Wildman–Crippen LogP) is 13.0. The van der Waals surface area contributed by atoms with Gasteiger partial charge in [0.2, 0.25) is 0 Å². The number of furan rings is 2. The lowest BCUT2D eigenvalue weighted by Gasteiger charge is -2.13. The van der Waals surface area contributed by atoms with Crippen LogP contribution in [0.2, 0.25) is 0 Å². The Morgan fingerprint density at radius 3 is 1.94 bits per heavy atom. The molecule has 0 radical (unpaired) electrons. The van der Waals surface area contributed by atoms with Crippen LogP contribution in [0.1, 0.15) is 22.3 Å². The number of hydrogen-bond acceptors (Lipinski definition) is 2. The molecule has 256 valence electrons. The van der Waals surface area contributed by atoms with Crippen molar-refractivity contribution in [1.29, 1.82) is 0 Å². The third-order valence-corrected chi connectivity index (χ3v) is 10.4. The highest BCUT2D eigenvalue weighted by Gasteiger charge is 2.16. The molecule has 0 amide bonds. The molecule has 9 aromatic rings.